The van der Waals surface area contributed by atoms with E-state index >= 15 is 0 Å². The van der Waals surface area contributed by atoms with Crippen LogP contribution in [0, 0.1) is 6.92 Å². The second-order valence-corrected chi connectivity index (χ2v) is 3.46. The van der Waals surface area contributed by atoms with Crippen LogP contribution in [0.1, 0.15) is 18.1 Å². The van der Waals surface area contributed by atoms with Crippen LogP contribution >= 0.6 is 0 Å². The third-order valence-corrected chi connectivity index (χ3v) is 1.89. The summed E-state index contributed by atoms with van der Waals surface area (Å²) in [4.78, 5) is 21.6. The highest BCUT2D eigenvalue weighted by Gasteiger charge is 2.08. The van der Waals surface area contributed by atoms with Gasteiger partial charge in [0, 0.05) is 6.92 Å². The van der Waals surface area contributed by atoms with Gasteiger partial charge in [0.25, 0.3) is 0 Å². The van der Waals surface area contributed by atoms with Gasteiger partial charge in [0.1, 0.15) is 5.70 Å². The molecular formula is C12H13NO3. The Balaban J connectivity index is 3.02. The topological polar surface area (TPSA) is 66.4 Å². The Bertz CT molecular complexity index is 449. The standard InChI is InChI=1S/C12H13NO3/c1-8-4-3-5-10(6-8)7-11(12(15)16)13-9(2)14/h3-7H,1-2H3,(H,13,14)(H,15,16)/b11-7+. The minimum Gasteiger partial charge on any atom is -0.477 e. The summed E-state index contributed by atoms with van der Waals surface area (Å²) in [6.07, 6.45) is 1.43. The second-order valence-electron chi connectivity index (χ2n) is 3.46. The van der Waals surface area contributed by atoms with Gasteiger partial charge >= 0.3 is 5.97 Å². The van der Waals surface area contributed by atoms with Crippen molar-refractivity contribution in [2.45, 2.75) is 13.8 Å². The summed E-state index contributed by atoms with van der Waals surface area (Å²) in [7, 11) is 0. The average molecular weight is 219 g/mol. The number of benzene rings is 1. The largest absolute Gasteiger partial charge is 0.477 e. The zero-order valence-corrected chi connectivity index (χ0v) is 9.15. The number of hydrogen-bond acceptors (Lipinski definition) is 2. The Labute approximate surface area is 93.6 Å². The van der Waals surface area contributed by atoms with Gasteiger partial charge in [-0.15, -0.1) is 0 Å². The third kappa shape index (κ3) is 3.57. The summed E-state index contributed by atoms with van der Waals surface area (Å²) in [6, 6.07) is 7.35. The number of carboxylic acid groups (broad SMARTS) is 1. The second kappa shape index (κ2) is 5.11. The van der Waals surface area contributed by atoms with Crippen molar-refractivity contribution in [1.82, 2.24) is 5.32 Å². The van der Waals surface area contributed by atoms with E-state index in [0.717, 1.165) is 11.1 Å². The summed E-state index contributed by atoms with van der Waals surface area (Å²) in [5.41, 5.74) is 1.64. The van der Waals surface area contributed by atoms with Crippen LogP contribution in [-0.4, -0.2) is 17.0 Å². The van der Waals surface area contributed by atoms with Crippen LogP contribution in [0.2, 0.25) is 0 Å². The summed E-state index contributed by atoms with van der Waals surface area (Å²) in [5, 5.41) is 11.1. The molecule has 0 heterocycles. The first-order valence-corrected chi connectivity index (χ1v) is 4.78. The summed E-state index contributed by atoms with van der Waals surface area (Å²) in [6.45, 7) is 3.18. The molecule has 2 N–H and O–H groups in total. The number of aryl methyl sites for hydroxylation is 1. The predicted octanol–water partition coefficient (Wildman–Crippen LogP) is 1.56. The molecule has 0 fully saturated rings. The first kappa shape index (κ1) is 12.0. The molecule has 0 atom stereocenters. The molecule has 16 heavy (non-hydrogen) atoms. The van der Waals surface area contributed by atoms with E-state index in [1.807, 2.05) is 25.1 Å². The van der Waals surface area contributed by atoms with Crippen molar-refractivity contribution in [1.29, 1.82) is 0 Å². The Morgan fingerprint density at radius 2 is 2.06 bits per heavy atom. The highest BCUT2D eigenvalue weighted by Crippen LogP contribution is 2.08. The van der Waals surface area contributed by atoms with E-state index in [0.29, 0.717) is 0 Å². The molecular weight excluding hydrogens is 206 g/mol. The van der Waals surface area contributed by atoms with Gasteiger partial charge in [0.05, 0.1) is 0 Å². The van der Waals surface area contributed by atoms with Gasteiger partial charge in [-0.3, -0.25) is 4.79 Å². The van der Waals surface area contributed by atoms with Gasteiger partial charge < -0.3 is 10.4 Å². The smallest absolute Gasteiger partial charge is 0.352 e. The van der Waals surface area contributed by atoms with Crippen LogP contribution in [-0.2, 0) is 9.59 Å². The van der Waals surface area contributed by atoms with Gasteiger partial charge in [0.2, 0.25) is 5.91 Å². The molecule has 1 rings (SSSR count). The van der Waals surface area contributed by atoms with E-state index in [1.165, 1.54) is 13.0 Å². The summed E-state index contributed by atoms with van der Waals surface area (Å²) in [5.74, 6) is -1.56. The minimum atomic E-state index is -1.16. The molecule has 0 bridgehead atoms. The molecule has 84 valence electrons. The summed E-state index contributed by atoms with van der Waals surface area (Å²) >= 11 is 0. The van der Waals surface area contributed by atoms with Crippen LogP contribution in [0.3, 0.4) is 0 Å². The first-order valence-electron chi connectivity index (χ1n) is 4.78. The maximum atomic E-state index is 10.8. The van der Waals surface area contributed by atoms with Crippen LogP contribution in [0.5, 0.6) is 0 Å². The number of carboxylic acids is 1. The number of hydrogen-bond donors (Lipinski definition) is 2. The van der Waals surface area contributed by atoms with Gasteiger partial charge in [-0.2, -0.15) is 0 Å². The fourth-order valence-corrected chi connectivity index (χ4v) is 1.27. The molecule has 0 saturated heterocycles. The molecule has 4 nitrogen and oxygen atoms in total. The van der Waals surface area contributed by atoms with Gasteiger partial charge in [-0.1, -0.05) is 29.8 Å². The van der Waals surface area contributed by atoms with Crippen molar-refractivity contribution in [3.05, 3.63) is 41.1 Å². The van der Waals surface area contributed by atoms with Crippen molar-refractivity contribution in [2.24, 2.45) is 0 Å². The van der Waals surface area contributed by atoms with E-state index in [2.05, 4.69) is 5.32 Å². The number of aliphatic carboxylic acids is 1. The zero-order chi connectivity index (χ0) is 12.1. The highest BCUT2D eigenvalue weighted by atomic mass is 16.4. The molecule has 0 unspecified atom stereocenters. The Morgan fingerprint density at radius 1 is 1.38 bits per heavy atom. The normalized spacial score (nSPS) is 11.0. The number of nitrogens with one attached hydrogen (secondary N) is 1. The maximum Gasteiger partial charge on any atom is 0.352 e. The molecule has 1 amide bonds. The van der Waals surface area contributed by atoms with E-state index in [1.54, 1.807) is 6.07 Å². The molecule has 0 aromatic heterocycles. The van der Waals surface area contributed by atoms with Crippen LogP contribution < -0.4 is 5.32 Å². The van der Waals surface area contributed by atoms with E-state index in [9.17, 15) is 9.59 Å². The molecule has 0 radical (unpaired) electrons. The SMILES string of the molecule is CC(=O)N/C(=C/c1cccc(C)c1)C(=O)O. The number of amides is 1. The van der Waals surface area contributed by atoms with Crippen LogP contribution in [0.25, 0.3) is 6.08 Å². The first-order chi connectivity index (χ1) is 7.49. The maximum absolute atomic E-state index is 10.8. The quantitative estimate of drug-likeness (QED) is 0.758. The molecule has 0 aliphatic rings. The molecule has 1 aromatic carbocycles. The lowest BCUT2D eigenvalue weighted by Crippen LogP contribution is -2.24. The molecule has 0 spiro atoms. The molecule has 1 aromatic rings. The lowest BCUT2D eigenvalue weighted by Gasteiger charge is -2.03. The lowest BCUT2D eigenvalue weighted by atomic mass is 10.1. The summed E-state index contributed by atoms with van der Waals surface area (Å²) < 4.78 is 0. The zero-order valence-electron chi connectivity index (χ0n) is 9.15. The fourth-order valence-electron chi connectivity index (χ4n) is 1.27. The number of carbonyl (C=O) groups is 2. The minimum absolute atomic E-state index is 0.127. The molecule has 0 aliphatic carbocycles. The Kier molecular flexibility index (Phi) is 3.83. The Morgan fingerprint density at radius 3 is 2.56 bits per heavy atom. The molecule has 0 saturated carbocycles. The van der Waals surface area contributed by atoms with Gasteiger partial charge in [0.15, 0.2) is 0 Å². The average Bonchev–Trinajstić information content (AvgIpc) is 2.15. The monoisotopic (exact) mass is 219 g/mol. The van der Waals surface area contributed by atoms with Gasteiger partial charge in [-0.25, -0.2) is 4.79 Å². The van der Waals surface area contributed by atoms with Gasteiger partial charge in [-0.05, 0) is 18.6 Å². The molecule has 4 heteroatoms. The fraction of sp³-hybridized carbons (Fsp3) is 0.167. The van der Waals surface area contributed by atoms with E-state index < -0.39 is 11.9 Å². The van der Waals surface area contributed by atoms with Crippen LogP contribution in [0.4, 0.5) is 0 Å². The third-order valence-electron chi connectivity index (χ3n) is 1.89. The van der Waals surface area contributed by atoms with Crippen molar-refractivity contribution in [3.8, 4) is 0 Å². The van der Waals surface area contributed by atoms with Crippen molar-refractivity contribution in [3.63, 3.8) is 0 Å². The highest BCUT2D eigenvalue weighted by molar-refractivity contribution is 5.96. The van der Waals surface area contributed by atoms with Crippen LogP contribution in [0.15, 0.2) is 30.0 Å². The van der Waals surface area contributed by atoms with Crippen molar-refractivity contribution in [2.75, 3.05) is 0 Å². The van der Waals surface area contributed by atoms with E-state index in [-0.39, 0.29) is 5.70 Å². The number of rotatable bonds is 3. The van der Waals surface area contributed by atoms with Crippen molar-refractivity contribution < 1.29 is 14.7 Å². The Hall–Kier alpha value is -2.10. The molecule has 0 aliphatic heterocycles. The predicted molar refractivity (Wildman–Crippen MR) is 60.6 cm³/mol. The number of carbonyl (C=O) groups excluding carboxylic acids is 1. The van der Waals surface area contributed by atoms with E-state index in [4.69, 9.17) is 5.11 Å². The van der Waals surface area contributed by atoms with Crippen molar-refractivity contribution >= 4 is 18.0 Å². The lowest BCUT2D eigenvalue weighted by molar-refractivity contribution is -0.134.